The van der Waals surface area contributed by atoms with E-state index in [1.54, 1.807) is 0 Å². The first kappa shape index (κ1) is 13.2. The third-order valence-corrected chi connectivity index (χ3v) is 3.65. The first-order chi connectivity index (χ1) is 7.47. The van der Waals surface area contributed by atoms with E-state index in [9.17, 15) is 9.59 Å². The monoisotopic (exact) mass is 225 g/mol. The van der Waals surface area contributed by atoms with Gasteiger partial charge in [0.1, 0.15) is 0 Å². The van der Waals surface area contributed by atoms with Crippen LogP contribution >= 0.6 is 0 Å². The first-order valence-electron chi connectivity index (χ1n) is 6.32. The number of carbonyl (C=O) groups is 2. The van der Waals surface area contributed by atoms with Gasteiger partial charge < -0.3 is 5.32 Å². The van der Waals surface area contributed by atoms with Gasteiger partial charge in [0, 0.05) is 11.5 Å². The van der Waals surface area contributed by atoms with E-state index in [1.807, 2.05) is 20.8 Å². The van der Waals surface area contributed by atoms with Crippen LogP contribution in [-0.4, -0.2) is 17.7 Å². The van der Waals surface area contributed by atoms with Crippen molar-refractivity contribution in [3.05, 3.63) is 0 Å². The number of hydrogen-bond donors (Lipinski definition) is 1. The first-order valence-corrected chi connectivity index (χ1v) is 6.32. The highest BCUT2D eigenvalue weighted by Crippen LogP contribution is 2.22. The van der Waals surface area contributed by atoms with Crippen molar-refractivity contribution in [2.75, 3.05) is 0 Å². The number of Topliss-reactive ketones (excluding diaryl/α,β-unsaturated/α-hetero) is 1. The molecule has 1 fully saturated rings. The van der Waals surface area contributed by atoms with Gasteiger partial charge in [0.2, 0.25) is 5.78 Å². The van der Waals surface area contributed by atoms with E-state index in [1.165, 1.54) is 6.42 Å². The quantitative estimate of drug-likeness (QED) is 0.747. The van der Waals surface area contributed by atoms with Crippen LogP contribution < -0.4 is 5.32 Å². The van der Waals surface area contributed by atoms with E-state index in [0.29, 0.717) is 6.42 Å². The summed E-state index contributed by atoms with van der Waals surface area (Å²) < 4.78 is 0. The van der Waals surface area contributed by atoms with Crippen LogP contribution in [0.5, 0.6) is 0 Å². The highest BCUT2D eigenvalue weighted by atomic mass is 16.2. The van der Waals surface area contributed by atoms with E-state index in [2.05, 4.69) is 5.32 Å². The predicted octanol–water partition coefficient (Wildman–Crippen LogP) is 2.44. The molecule has 0 spiro atoms. The number of hydrogen-bond acceptors (Lipinski definition) is 2. The highest BCUT2D eigenvalue weighted by molar-refractivity contribution is 6.38. The smallest absolute Gasteiger partial charge is 0.288 e. The van der Waals surface area contributed by atoms with Crippen molar-refractivity contribution >= 4 is 11.7 Å². The molecule has 1 aliphatic rings. The van der Waals surface area contributed by atoms with Gasteiger partial charge in [-0.2, -0.15) is 0 Å². The summed E-state index contributed by atoms with van der Waals surface area (Å²) in [6.45, 7) is 5.59. The van der Waals surface area contributed by atoms with Crippen molar-refractivity contribution in [2.45, 2.75) is 65.3 Å². The lowest BCUT2D eigenvalue weighted by molar-refractivity contribution is -0.143. The zero-order chi connectivity index (χ0) is 12.2. The second kappa shape index (κ2) is 5.46. The van der Waals surface area contributed by atoms with Crippen molar-refractivity contribution in [2.24, 2.45) is 5.41 Å². The van der Waals surface area contributed by atoms with Gasteiger partial charge in [-0.1, -0.05) is 40.0 Å². The van der Waals surface area contributed by atoms with Gasteiger partial charge in [-0.3, -0.25) is 9.59 Å². The molecule has 0 unspecified atom stereocenters. The molecular formula is C13H23NO2. The topological polar surface area (TPSA) is 46.2 Å². The Kier molecular flexibility index (Phi) is 4.51. The van der Waals surface area contributed by atoms with Crippen LogP contribution in [0, 0.1) is 5.41 Å². The molecule has 0 aliphatic heterocycles. The molecule has 3 nitrogen and oxygen atoms in total. The van der Waals surface area contributed by atoms with Gasteiger partial charge in [-0.05, 0) is 19.3 Å². The van der Waals surface area contributed by atoms with Crippen LogP contribution in [0.1, 0.15) is 59.3 Å². The maximum atomic E-state index is 11.9. The zero-order valence-electron chi connectivity index (χ0n) is 10.6. The molecule has 0 aromatic rings. The lowest BCUT2D eigenvalue weighted by Gasteiger charge is -2.25. The number of ketones is 1. The largest absolute Gasteiger partial charge is 0.347 e. The van der Waals surface area contributed by atoms with Crippen molar-refractivity contribution in [3.8, 4) is 0 Å². The molecule has 1 saturated carbocycles. The van der Waals surface area contributed by atoms with Crippen LogP contribution in [0.15, 0.2) is 0 Å². The van der Waals surface area contributed by atoms with E-state index in [-0.39, 0.29) is 11.8 Å². The normalized spacial score (nSPS) is 18.2. The Balaban J connectivity index is 2.48. The minimum atomic E-state index is -0.529. The second-order valence-corrected chi connectivity index (χ2v) is 5.37. The minimum Gasteiger partial charge on any atom is -0.347 e. The summed E-state index contributed by atoms with van der Waals surface area (Å²) in [5, 5.41) is 2.87. The van der Waals surface area contributed by atoms with Gasteiger partial charge in [-0.25, -0.2) is 0 Å². The Hall–Kier alpha value is -0.860. The van der Waals surface area contributed by atoms with E-state index in [0.717, 1.165) is 25.7 Å². The Morgan fingerprint density at radius 1 is 1.19 bits per heavy atom. The fourth-order valence-corrected chi connectivity index (χ4v) is 1.97. The molecule has 0 aromatic heterocycles. The predicted molar refractivity (Wildman–Crippen MR) is 64.1 cm³/mol. The summed E-state index contributed by atoms with van der Waals surface area (Å²) >= 11 is 0. The van der Waals surface area contributed by atoms with Crippen LogP contribution in [0.2, 0.25) is 0 Å². The SMILES string of the molecule is CCC(C)(C)C(=O)C(=O)NC1CCCCC1. The fraction of sp³-hybridized carbons (Fsp3) is 0.846. The molecule has 3 heteroatoms. The molecule has 0 heterocycles. The third-order valence-electron chi connectivity index (χ3n) is 3.65. The maximum Gasteiger partial charge on any atom is 0.288 e. The Labute approximate surface area is 98.0 Å². The molecule has 0 atom stereocenters. The van der Waals surface area contributed by atoms with Crippen LogP contribution in [0.3, 0.4) is 0 Å². The number of nitrogens with one attached hydrogen (secondary N) is 1. The lowest BCUT2D eigenvalue weighted by atomic mass is 9.84. The molecule has 1 amide bonds. The molecule has 1 N–H and O–H groups in total. The molecule has 0 saturated heterocycles. The van der Waals surface area contributed by atoms with Crippen LogP contribution in [-0.2, 0) is 9.59 Å². The van der Waals surface area contributed by atoms with Gasteiger partial charge in [0.05, 0.1) is 0 Å². The van der Waals surface area contributed by atoms with Crippen LogP contribution in [0.25, 0.3) is 0 Å². The molecule has 0 bridgehead atoms. The fourth-order valence-electron chi connectivity index (χ4n) is 1.97. The Bertz CT molecular complexity index is 265. The molecule has 92 valence electrons. The summed E-state index contributed by atoms with van der Waals surface area (Å²) in [6, 6.07) is 0.220. The summed E-state index contributed by atoms with van der Waals surface area (Å²) in [6.07, 6.45) is 6.31. The molecule has 0 radical (unpaired) electrons. The van der Waals surface area contributed by atoms with E-state index >= 15 is 0 Å². The van der Waals surface area contributed by atoms with Gasteiger partial charge in [0.15, 0.2) is 0 Å². The summed E-state index contributed by atoms with van der Waals surface area (Å²) in [4.78, 5) is 23.6. The van der Waals surface area contributed by atoms with Crippen molar-refractivity contribution in [3.63, 3.8) is 0 Å². The van der Waals surface area contributed by atoms with E-state index in [4.69, 9.17) is 0 Å². The van der Waals surface area contributed by atoms with E-state index < -0.39 is 11.3 Å². The van der Waals surface area contributed by atoms with Gasteiger partial charge in [0.25, 0.3) is 5.91 Å². The molecule has 16 heavy (non-hydrogen) atoms. The highest BCUT2D eigenvalue weighted by Gasteiger charge is 2.32. The molecule has 1 aliphatic carbocycles. The lowest BCUT2D eigenvalue weighted by Crippen LogP contribution is -2.44. The molecule has 0 aromatic carbocycles. The standard InChI is InChI=1S/C13H23NO2/c1-4-13(2,3)11(15)12(16)14-10-8-6-5-7-9-10/h10H,4-9H2,1-3H3,(H,14,16). The number of rotatable bonds is 4. The van der Waals surface area contributed by atoms with Crippen molar-refractivity contribution < 1.29 is 9.59 Å². The molecule has 1 rings (SSSR count). The average Bonchev–Trinajstić information content (AvgIpc) is 2.29. The molecular weight excluding hydrogens is 202 g/mol. The number of amides is 1. The zero-order valence-corrected chi connectivity index (χ0v) is 10.6. The summed E-state index contributed by atoms with van der Waals surface area (Å²) in [5.41, 5.74) is -0.529. The number of carbonyl (C=O) groups excluding carboxylic acids is 2. The van der Waals surface area contributed by atoms with Crippen LogP contribution in [0.4, 0.5) is 0 Å². The maximum absolute atomic E-state index is 11.9. The van der Waals surface area contributed by atoms with Crippen molar-refractivity contribution in [1.29, 1.82) is 0 Å². The Morgan fingerprint density at radius 3 is 2.25 bits per heavy atom. The average molecular weight is 225 g/mol. The van der Waals surface area contributed by atoms with Crippen molar-refractivity contribution in [1.82, 2.24) is 5.32 Å². The summed E-state index contributed by atoms with van der Waals surface area (Å²) in [5.74, 6) is -0.667. The Morgan fingerprint density at radius 2 is 1.75 bits per heavy atom. The minimum absolute atomic E-state index is 0.220. The summed E-state index contributed by atoms with van der Waals surface area (Å²) in [7, 11) is 0. The van der Waals surface area contributed by atoms with Gasteiger partial charge >= 0.3 is 0 Å². The second-order valence-electron chi connectivity index (χ2n) is 5.37. The third kappa shape index (κ3) is 3.32. The van der Waals surface area contributed by atoms with Gasteiger partial charge in [-0.15, -0.1) is 0 Å².